The number of halogens is 2. The molecule has 0 fully saturated rings. The molecule has 0 saturated carbocycles. The molecule has 1 aromatic carbocycles. The zero-order valence-corrected chi connectivity index (χ0v) is 11.6. The predicted molar refractivity (Wildman–Crippen MR) is 74.1 cm³/mol. The molecule has 104 valence electrons. The molecular weight excluding hydrogens is 305 g/mol. The first-order valence-corrected chi connectivity index (χ1v) is 6.28. The van der Waals surface area contributed by atoms with E-state index >= 15 is 0 Å². The van der Waals surface area contributed by atoms with Crippen LogP contribution in [0.4, 0.5) is 5.69 Å². The van der Waals surface area contributed by atoms with E-state index in [9.17, 15) is 9.59 Å². The van der Waals surface area contributed by atoms with Crippen molar-refractivity contribution in [3.8, 4) is 0 Å². The van der Waals surface area contributed by atoms with Gasteiger partial charge in [0, 0.05) is 0 Å². The number of benzene rings is 1. The number of furan rings is 1. The maximum Gasteiger partial charge on any atom is 0.374 e. The van der Waals surface area contributed by atoms with Crippen LogP contribution in [0.3, 0.4) is 0 Å². The molecule has 1 heterocycles. The summed E-state index contributed by atoms with van der Waals surface area (Å²) in [6, 6.07) is 7.79. The fourth-order valence-corrected chi connectivity index (χ4v) is 1.88. The third-order valence-electron chi connectivity index (χ3n) is 2.28. The number of esters is 1. The molecule has 0 bridgehead atoms. The van der Waals surface area contributed by atoms with Crippen molar-refractivity contribution >= 4 is 40.8 Å². The topological polar surface area (TPSA) is 68.5 Å². The van der Waals surface area contributed by atoms with Gasteiger partial charge in [-0.05, 0) is 24.3 Å². The quantitative estimate of drug-likeness (QED) is 0.878. The Balaban J connectivity index is 1.92. The highest BCUT2D eigenvalue weighted by atomic mass is 35.5. The van der Waals surface area contributed by atoms with Gasteiger partial charge in [0.15, 0.2) is 6.61 Å². The molecule has 0 spiro atoms. The first-order valence-electron chi connectivity index (χ1n) is 5.52. The van der Waals surface area contributed by atoms with Gasteiger partial charge >= 0.3 is 5.97 Å². The van der Waals surface area contributed by atoms with E-state index in [2.05, 4.69) is 5.32 Å². The normalized spacial score (nSPS) is 10.1. The van der Waals surface area contributed by atoms with Crippen LogP contribution >= 0.6 is 23.2 Å². The number of hydrogen-bond donors (Lipinski definition) is 1. The summed E-state index contributed by atoms with van der Waals surface area (Å²) in [6.45, 7) is -0.471. The fourth-order valence-electron chi connectivity index (χ4n) is 1.39. The maximum atomic E-state index is 11.7. The number of rotatable bonds is 4. The van der Waals surface area contributed by atoms with Gasteiger partial charge in [0.2, 0.25) is 5.76 Å². The Bertz CT molecular complexity index is 605. The Morgan fingerprint density at radius 2 is 1.85 bits per heavy atom. The van der Waals surface area contributed by atoms with Gasteiger partial charge < -0.3 is 14.5 Å². The summed E-state index contributed by atoms with van der Waals surface area (Å²) < 4.78 is 9.60. The molecule has 20 heavy (non-hydrogen) atoms. The monoisotopic (exact) mass is 313 g/mol. The molecule has 5 nitrogen and oxygen atoms in total. The van der Waals surface area contributed by atoms with Crippen LogP contribution in [-0.4, -0.2) is 18.5 Å². The molecule has 7 heteroatoms. The first-order chi connectivity index (χ1) is 9.58. The van der Waals surface area contributed by atoms with E-state index in [0.717, 1.165) is 0 Å². The molecule has 1 amide bonds. The lowest BCUT2D eigenvalue weighted by atomic mass is 10.3. The lowest BCUT2D eigenvalue weighted by Crippen LogP contribution is -2.21. The number of ether oxygens (including phenoxy) is 1. The van der Waals surface area contributed by atoms with E-state index < -0.39 is 18.5 Å². The van der Waals surface area contributed by atoms with Crippen LogP contribution in [0, 0.1) is 0 Å². The lowest BCUT2D eigenvalue weighted by molar-refractivity contribution is -0.119. The Kier molecular flexibility index (Phi) is 4.65. The average Bonchev–Trinajstić information content (AvgIpc) is 2.94. The summed E-state index contributed by atoms with van der Waals surface area (Å²) in [5.41, 5.74) is 0.273. The van der Waals surface area contributed by atoms with Crippen molar-refractivity contribution in [2.75, 3.05) is 11.9 Å². The average molecular weight is 314 g/mol. The summed E-state index contributed by atoms with van der Waals surface area (Å²) in [4.78, 5) is 23.1. The highest BCUT2D eigenvalue weighted by Gasteiger charge is 2.14. The lowest BCUT2D eigenvalue weighted by Gasteiger charge is -2.09. The van der Waals surface area contributed by atoms with Crippen molar-refractivity contribution in [1.82, 2.24) is 0 Å². The smallest absolute Gasteiger partial charge is 0.374 e. The Hall–Kier alpha value is -1.98. The van der Waals surface area contributed by atoms with Crippen molar-refractivity contribution < 1.29 is 18.7 Å². The largest absolute Gasteiger partial charge is 0.457 e. The molecule has 0 atom stereocenters. The number of nitrogens with one attached hydrogen (secondary N) is 1. The van der Waals surface area contributed by atoms with Gasteiger partial charge in [0.25, 0.3) is 5.91 Å². The molecule has 0 saturated heterocycles. The minimum Gasteiger partial charge on any atom is -0.457 e. The highest BCUT2D eigenvalue weighted by molar-refractivity contribution is 6.39. The van der Waals surface area contributed by atoms with Crippen LogP contribution in [0.2, 0.25) is 10.0 Å². The van der Waals surface area contributed by atoms with E-state index in [-0.39, 0.29) is 11.4 Å². The molecule has 0 radical (unpaired) electrons. The second-order valence-corrected chi connectivity index (χ2v) is 4.51. The first kappa shape index (κ1) is 14.4. The minimum atomic E-state index is -0.726. The van der Waals surface area contributed by atoms with E-state index in [1.807, 2.05) is 0 Å². The molecule has 0 aliphatic rings. The fraction of sp³-hybridized carbons (Fsp3) is 0.0769. The summed E-state index contributed by atoms with van der Waals surface area (Å²) >= 11 is 11.8. The van der Waals surface area contributed by atoms with Crippen LogP contribution in [0.15, 0.2) is 41.0 Å². The van der Waals surface area contributed by atoms with Gasteiger partial charge in [-0.25, -0.2) is 4.79 Å². The van der Waals surface area contributed by atoms with Crippen LogP contribution in [0.1, 0.15) is 10.6 Å². The van der Waals surface area contributed by atoms with E-state index in [1.54, 1.807) is 24.3 Å². The van der Waals surface area contributed by atoms with Gasteiger partial charge in [-0.3, -0.25) is 4.79 Å². The van der Waals surface area contributed by atoms with Crippen molar-refractivity contribution in [3.63, 3.8) is 0 Å². The second-order valence-electron chi connectivity index (χ2n) is 3.70. The van der Waals surface area contributed by atoms with Crippen LogP contribution in [0.5, 0.6) is 0 Å². The van der Waals surface area contributed by atoms with Crippen LogP contribution < -0.4 is 5.32 Å². The van der Waals surface area contributed by atoms with Gasteiger partial charge in [0.05, 0.1) is 22.0 Å². The zero-order chi connectivity index (χ0) is 14.5. The standard InChI is InChI=1S/C13H9Cl2NO4/c14-8-3-1-4-9(15)12(8)16-11(17)7-20-13(18)10-5-2-6-19-10/h1-6H,7H2,(H,16,17). The highest BCUT2D eigenvalue weighted by Crippen LogP contribution is 2.29. The van der Waals surface area contributed by atoms with Crippen molar-refractivity contribution in [1.29, 1.82) is 0 Å². The van der Waals surface area contributed by atoms with Crippen molar-refractivity contribution in [2.45, 2.75) is 0 Å². The molecule has 1 N–H and O–H groups in total. The van der Waals surface area contributed by atoms with E-state index in [1.165, 1.54) is 12.3 Å². The zero-order valence-electron chi connectivity index (χ0n) is 10.1. The summed E-state index contributed by atoms with van der Waals surface area (Å²) in [7, 11) is 0. The van der Waals surface area contributed by atoms with Crippen molar-refractivity contribution in [3.05, 3.63) is 52.4 Å². The predicted octanol–water partition coefficient (Wildman–Crippen LogP) is 3.38. The maximum absolute atomic E-state index is 11.7. The molecule has 2 aromatic rings. The molecular formula is C13H9Cl2NO4. The van der Waals surface area contributed by atoms with Gasteiger partial charge in [0.1, 0.15) is 0 Å². The number of para-hydroxylation sites is 1. The SMILES string of the molecule is O=C(COC(=O)c1ccco1)Nc1c(Cl)cccc1Cl. The molecule has 0 aliphatic carbocycles. The molecule has 2 rings (SSSR count). The van der Waals surface area contributed by atoms with Gasteiger partial charge in [-0.1, -0.05) is 29.3 Å². The number of hydrogen-bond acceptors (Lipinski definition) is 4. The third-order valence-corrected chi connectivity index (χ3v) is 2.91. The van der Waals surface area contributed by atoms with Crippen molar-refractivity contribution in [2.24, 2.45) is 0 Å². The number of carbonyl (C=O) groups is 2. The Labute approximate surface area is 124 Å². The third kappa shape index (κ3) is 3.53. The summed E-state index contributed by atoms with van der Waals surface area (Å²) in [5.74, 6) is -1.26. The van der Waals surface area contributed by atoms with Gasteiger partial charge in [-0.15, -0.1) is 0 Å². The summed E-state index contributed by atoms with van der Waals surface area (Å²) in [6.07, 6.45) is 1.33. The Morgan fingerprint density at radius 1 is 1.15 bits per heavy atom. The second kappa shape index (κ2) is 6.45. The number of amides is 1. The molecule has 1 aromatic heterocycles. The van der Waals surface area contributed by atoms with Crippen LogP contribution in [0.25, 0.3) is 0 Å². The van der Waals surface area contributed by atoms with Crippen LogP contribution in [-0.2, 0) is 9.53 Å². The van der Waals surface area contributed by atoms with E-state index in [0.29, 0.717) is 10.0 Å². The molecule has 0 unspecified atom stereocenters. The number of anilines is 1. The van der Waals surface area contributed by atoms with Gasteiger partial charge in [-0.2, -0.15) is 0 Å². The molecule has 0 aliphatic heterocycles. The Morgan fingerprint density at radius 3 is 2.45 bits per heavy atom. The summed E-state index contributed by atoms with van der Waals surface area (Å²) in [5, 5.41) is 3.06. The van der Waals surface area contributed by atoms with E-state index in [4.69, 9.17) is 32.4 Å². The number of carbonyl (C=O) groups excluding carboxylic acids is 2. The minimum absolute atomic E-state index is 0.0218.